The van der Waals surface area contributed by atoms with Crippen LogP contribution in [0, 0.1) is 0 Å². The minimum absolute atomic E-state index is 0.148. The molecule has 1 amide bonds. The molecule has 0 bridgehead atoms. The molecule has 0 aliphatic heterocycles. The Balaban J connectivity index is 4.59. The summed E-state index contributed by atoms with van der Waals surface area (Å²) in [6.07, 6.45) is 4.21. The number of nitrogens with one attached hydrogen (secondary N) is 2. The van der Waals surface area contributed by atoms with Gasteiger partial charge in [-0.1, -0.05) is 25.7 Å². The van der Waals surface area contributed by atoms with Crippen LogP contribution < -0.4 is 10.6 Å². The Hall–Kier alpha value is -1.63. The highest BCUT2D eigenvalue weighted by molar-refractivity contribution is 5.80. The van der Waals surface area contributed by atoms with Crippen LogP contribution in [0.15, 0.2) is 36.1 Å². The summed E-state index contributed by atoms with van der Waals surface area (Å²) in [4.78, 5) is 11.8. The molecule has 0 aliphatic carbocycles. The predicted octanol–water partition coefficient (Wildman–Crippen LogP) is 1.06. The number of carbonyl (C=O) groups excluding carboxylic acids is 1. The lowest BCUT2D eigenvalue weighted by Crippen LogP contribution is -2.46. The second kappa shape index (κ2) is 11.1. The molecule has 6 nitrogen and oxygen atoms in total. The van der Waals surface area contributed by atoms with E-state index in [1.807, 2.05) is 19.9 Å². The van der Waals surface area contributed by atoms with Gasteiger partial charge in [0.1, 0.15) is 0 Å². The predicted molar refractivity (Wildman–Crippen MR) is 82.3 cm³/mol. The molecule has 0 fully saturated rings. The molecule has 0 rings (SSSR count). The van der Waals surface area contributed by atoms with Gasteiger partial charge in [0, 0.05) is 19.9 Å². The summed E-state index contributed by atoms with van der Waals surface area (Å²) in [5.41, 5.74) is 1.57. The van der Waals surface area contributed by atoms with E-state index < -0.39 is 18.4 Å². The summed E-state index contributed by atoms with van der Waals surface area (Å²) in [5, 5.41) is 15.2. The Morgan fingerprint density at radius 1 is 1.38 bits per heavy atom. The van der Waals surface area contributed by atoms with Crippen molar-refractivity contribution < 1.29 is 19.4 Å². The van der Waals surface area contributed by atoms with Crippen LogP contribution in [0.4, 0.5) is 0 Å². The first-order valence-electron chi connectivity index (χ1n) is 6.77. The van der Waals surface area contributed by atoms with Gasteiger partial charge in [0.2, 0.25) is 6.23 Å². The summed E-state index contributed by atoms with van der Waals surface area (Å²) in [6.45, 7) is 7.66. The number of hydrogen-bond acceptors (Lipinski definition) is 5. The van der Waals surface area contributed by atoms with E-state index in [9.17, 15) is 9.90 Å². The third-order valence-electron chi connectivity index (χ3n) is 2.73. The van der Waals surface area contributed by atoms with Crippen molar-refractivity contribution in [2.24, 2.45) is 0 Å². The number of ether oxygens (including phenoxy) is 2. The Labute approximate surface area is 126 Å². The van der Waals surface area contributed by atoms with Crippen LogP contribution in [-0.4, -0.2) is 44.3 Å². The van der Waals surface area contributed by atoms with E-state index in [-0.39, 0.29) is 6.54 Å². The topological polar surface area (TPSA) is 79.8 Å². The molecular formula is C15H26N2O4. The van der Waals surface area contributed by atoms with Gasteiger partial charge in [-0.3, -0.25) is 4.79 Å². The maximum atomic E-state index is 11.8. The molecule has 0 saturated carbocycles. The first kappa shape index (κ1) is 19.4. The van der Waals surface area contributed by atoms with Crippen molar-refractivity contribution in [1.82, 2.24) is 10.6 Å². The highest BCUT2D eigenvalue weighted by atomic mass is 16.7. The highest BCUT2D eigenvalue weighted by Gasteiger charge is 2.17. The molecule has 1 atom stereocenters. The molecular weight excluding hydrogens is 272 g/mol. The Morgan fingerprint density at radius 2 is 2.00 bits per heavy atom. The maximum absolute atomic E-state index is 11.8. The van der Waals surface area contributed by atoms with Crippen molar-refractivity contribution >= 4 is 5.91 Å². The van der Waals surface area contributed by atoms with E-state index in [4.69, 9.17) is 9.47 Å². The van der Waals surface area contributed by atoms with Crippen LogP contribution in [0.25, 0.3) is 0 Å². The van der Waals surface area contributed by atoms with E-state index in [1.54, 1.807) is 12.2 Å². The van der Waals surface area contributed by atoms with Crippen LogP contribution in [0.1, 0.15) is 20.3 Å². The molecule has 0 spiro atoms. The van der Waals surface area contributed by atoms with Crippen molar-refractivity contribution in [2.45, 2.75) is 32.8 Å². The van der Waals surface area contributed by atoms with Gasteiger partial charge < -0.3 is 25.2 Å². The van der Waals surface area contributed by atoms with Gasteiger partial charge in [-0.2, -0.15) is 0 Å². The van der Waals surface area contributed by atoms with Crippen LogP contribution >= 0.6 is 0 Å². The van der Waals surface area contributed by atoms with Gasteiger partial charge in [-0.15, -0.1) is 0 Å². The van der Waals surface area contributed by atoms with Crippen molar-refractivity contribution in [3.05, 3.63) is 36.1 Å². The van der Waals surface area contributed by atoms with Crippen molar-refractivity contribution in [1.29, 1.82) is 0 Å². The summed E-state index contributed by atoms with van der Waals surface area (Å²) >= 11 is 0. The first-order chi connectivity index (χ1) is 9.99. The number of aliphatic hydroxyl groups is 1. The van der Waals surface area contributed by atoms with E-state index in [2.05, 4.69) is 17.2 Å². The molecule has 0 radical (unpaired) electrons. The third-order valence-corrected chi connectivity index (χ3v) is 2.73. The number of rotatable bonds is 10. The summed E-state index contributed by atoms with van der Waals surface area (Å²) in [6, 6.07) is 0. The van der Waals surface area contributed by atoms with Gasteiger partial charge in [0.05, 0.1) is 6.54 Å². The van der Waals surface area contributed by atoms with Crippen LogP contribution in [0.2, 0.25) is 0 Å². The molecule has 120 valence electrons. The van der Waals surface area contributed by atoms with E-state index in [0.717, 1.165) is 12.0 Å². The largest absolute Gasteiger partial charge is 0.366 e. The van der Waals surface area contributed by atoms with E-state index in [0.29, 0.717) is 5.70 Å². The highest BCUT2D eigenvalue weighted by Crippen LogP contribution is 2.08. The lowest BCUT2D eigenvalue weighted by molar-refractivity contribution is -0.135. The molecule has 1 unspecified atom stereocenters. The third kappa shape index (κ3) is 7.65. The SMILES string of the molecule is C=C/C=C(NC(O)C(=O)NCC(OC)OC)\C(C)=C\CC. The van der Waals surface area contributed by atoms with Gasteiger partial charge in [-0.25, -0.2) is 0 Å². The Bertz CT molecular complexity index is 387. The zero-order valence-electron chi connectivity index (χ0n) is 13.2. The monoisotopic (exact) mass is 298 g/mol. The second-order valence-electron chi connectivity index (χ2n) is 4.30. The molecule has 0 aromatic heterocycles. The average Bonchev–Trinajstić information content (AvgIpc) is 2.47. The van der Waals surface area contributed by atoms with Crippen molar-refractivity contribution in [3.8, 4) is 0 Å². The fourth-order valence-electron chi connectivity index (χ4n) is 1.58. The van der Waals surface area contributed by atoms with Crippen molar-refractivity contribution in [2.75, 3.05) is 20.8 Å². The van der Waals surface area contributed by atoms with Gasteiger partial charge >= 0.3 is 0 Å². The molecule has 0 heterocycles. The van der Waals surface area contributed by atoms with Crippen LogP contribution in [0.5, 0.6) is 0 Å². The Morgan fingerprint density at radius 3 is 2.48 bits per heavy atom. The molecule has 0 saturated heterocycles. The molecule has 0 aromatic rings. The van der Waals surface area contributed by atoms with E-state index >= 15 is 0 Å². The summed E-state index contributed by atoms with van der Waals surface area (Å²) < 4.78 is 9.89. The van der Waals surface area contributed by atoms with Gasteiger partial charge in [0.25, 0.3) is 5.91 Å². The summed E-state index contributed by atoms with van der Waals surface area (Å²) in [5.74, 6) is -0.562. The minimum Gasteiger partial charge on any atom is -0.366 e. The minimum atomic E-state index is -1.37. The molecule has 0 aromatic carbocycles. The molecule has 21 heavy (non-hydrogen) atoms. The number of amides is 1. The van der Waals surface area contributed by atoms with E-state index in [1.165, 1.54) is 14.2 Å². The zero-order chi connectivity index (χ0) is 16.3. The normalized spacial score (nSPS) is 14.0. The zero-order valence-corrected chi connectivity index (χ0v) is 13.2. The number of aliphatic hydroxyl groups excluding tert-OH is 1. The summed E-state index contributed by atoms with van der Waals surface area (Å²) in [7, 11) is 2.94. The van der Waals surface area contributed by atoms with Crippen LogP contribution in [-0.2, 0) is 14.3 Å². The maximum Gasteiger partial charge on any atom is 0.270 e. The fourth-order valence-corrected chi connectivity index (χ4v) is 1.58. The van der Waals surface area contributed by atoms with Crippen molar-refractivity contribution in [3.63, 3.8) is 0 Å². The lowest BCUT2D eigenvalue weighted by Gasteiger charge is -2.19. The standard InChI is InChI=1S/C15H26N2O4/c1-6-8-11(3)12(9-7-2)17-15(19)14(18)16-10-13(20-4)21-5/h7-9,13,15,17,19H,2,6,10H2,1,3-5H3,(H,16,18)/b11-8+,12-9+. The first-order valence-corrected chi connectivity index (χ1v) is 6.77. The number of hydrogen-bond donors (Lipinski definition) is 3. The van der Waals surface area contributed by atoms with Crippen LogP contribution in [0.3, 0.4) is 0 Å². The number of allylic oxidation sites excluding steroid dienone is 4. The Kier molecular flexibility index (Phi) is 10.2. The second-order valence-corrected chi connectivity index (χ2v) is 4.30. The van der Waals surface area contributed by atoms with Gasteiger partial charge in [-0.05, 0) is 25.0 Å². The lowest BCUT2D eigenvalue weighted by atomic mass is 10.1. The number of carbonyl (C=O) groups is 1. The molecule has 0 aliphatic rings. The smallest absolute Gasteiger partial charge is 0.270 e. The number of methoxy groups -OCH3 is 2. The fraction of sp³-hybridized carbons (Fsp3) is 0.533. The quantitative estimate of drug-likeness (QED) is 0.415. The average molecular weight is 298 g/mol. The molecule has 6 heteroatoms. The molecule has 3 N–H and O–H groups in total. The van der Waals surface area contributed by atoms with Gasteiger partial charge in [0.15, 0.2) is 6.29 Å².